The number of hydrogen-bond donors (Lipinski definition) is 1. The quantitative estimate of drug-likeness (QED) is 0.607. The minimum absolute atomic E-state index is 0.0374. The number of ether oxygens (including phenoxy) is 1. The Morgan fingerprint density at radius 3 is 2.53 bits per heavy atom. The summed E-state index contributed by atoms with van der Waals surface area (Å²) < 4.78 is 11.5. The Labute approximate surface area is 176 Å². The standard InChI is InChI=1S/C24H27N3O3/c1-2-20-9-10-23(29-20)17-27-14-11-18(12-15-27)24(28)26-19-5-7-21(8-6-19)30-22-4-3-13-25-16-22/h3-10,13,16,18H,2,11-12,14-15,17H2,1H3,(H,26,28). The molecule has 3 aromatic rings. The van der Waals surface area contributed by atoms with Crippen LogP contribution in [0.15, 0.2) is 65.3 Å². The fourth-order valence-corrected chi connectivity index (χ4v) is 3.67. The molecule has 30 heavy (non-hydrogen) atoms. The maximum Gasteiger partial charge on any atom is 0.227 e. The van der Waals surface area contributed by atoms with Crippen LogP contribution in [0.4, 0.5) is 5.69 Å². The molecule has 2 aromatic heterocycles. The highest BCUT2D eigenvalue weighted by atomic mass is 16.5. The first kappa shape index (κ1) is 20.2. The average molecular weight is 405 g/mol. The molecule has 156 valence electrons. The second kappa shape index (κ2) is 9.59. The molecule has 4 rings (SSSR count). The molecule has 0 radical (unpaired) electrons. The number of pyridine rings is 1. The largest absolute Gasteiger partial charge is 0.465 e. The third-order valence-corrected chi connectivity index (χ3v) is 5.40. The SMILES string of the molecule is CCc1ccc(CN2CCC(C(=O)Nc3ccc(Oc4cccnc4)cc3)CC2)o1. The number of carbonyl (C=O) groups is 1. The number of piperidine rings is 1. The lowest BCUT2D eigenvalue weighted by molar-refractivity contribution is -0.121. The van der Waals surface area contributed by atoms with E-state index in [9.17, 15) is 4.79 Å². The number of likely N-dealkylation sites (tertiary alicyclic amines) is 1. The molecule has 1 aliphatic rings. The first-order valence-corrected chi connectivity index (χ1v) is 10.5. The van der Waals surface area contributed by atoms with Crippen molar-refractivity contribution in [2.24, 2.45) is 5.92 Å². The van der Waals surface area contributed by atoms with Gasteiger partial charge in [-0.2, -0.15) is 0 Å². The van der Waals surface area contributed by atoms with E-state index in [2.05, 4.69) is 28.2 Å². The lowest BCUT2D eigenvalue weighted by Gasteiger charge is -2.30. The Kier molecular flexibility index (Phi) is 6.44. The second-order valence-corrected chi connectivity index (χ2v) is 7.58. The van der Waals surface area contributed by atoms with Crippen LogP contribution in [0.2, 0.25) is 0 Å². The molecule has 1 saturated heterocycles. The number of amides is 1. The Morgan fingerprint density at radius 2 is 1.87 bits per heavy atom. The summed E-state index contributed by atoms with van der Waals surface area (Å²) in [6.07, 6.45) is 6.00. The minimum atomic E-state index is 0.0374. The van der Waals surface area contributed by atoms with Crippen LogP contribution in [0, 0.1) is 5.92 Å². The van der Waals surface area contributed by atoms with Crippen LogP contribution >= 0.6 is 0 Å². The summed E-state index contributed by atoms with van der Waals surface area (Å²) in [6.45, 7) is 4.71. The summed E-state index contributed by atoms with van der Waals surface area (Å²) in [6, 6.07) is 15.2. The summed E-state index contributed by atoms with van der Waals surface area (Å²) in [5.41, 5.74) is 0.781. The molecule has 1 aromatic carbocycles. The van der Waals surface area contributed by atoms with E-state index < -0.39 is 0 Å². The number of rotatable bonds is 7. The van der Waals surface area contributed by atoms with Gasteiger partial charge >= 0.3 is 0 Å². The molecule has 0 unspecified atom stereocenters. The topological polar surface area (TPSA) is 67.6 Å². The highest BCUT2D eigenvalue weighted by Crippen LogP contribution is 2.24. The molecule has 0 atom stereocenters. The van der Waals surface area contributed by atoms with E-state index in [4.69, 9.17) is 9.15 Å². The zero-order chi connectivity index (χ0) is 20.8. The lowest BCUT2D eigenvalue weighted by Crippen LogP contribution is -2.37. The van der Waals surface area contributed by atoms with E-state index in [1.165, 1.54) is 0 Å². The number of carbonyl (C=O) groups excluding carboxylic acids is 1. The summed E-state index contributed by atoms with van der Waals surface area (Å²) in [5, 5.41) is 3.03. The van der Waals surface area contributed by atoms with Gasteiger partial charge in [-0.25, -0.2) is 0 Å². The molecule has 6 nitrogen and oxygen atoms in total. The number of nitrogens with zero attached hydrogens (tertiary/aromatic N) is 2. The predicted octanol–water partition coefficient (Wildman–Crippen LogP) is 4.88. The van der Waals surface area contributed by atoms with E-state index >= 15 is 0 Å². The summed E-state index contributed by atoms with van der Waals surface area (Å²) in [5.74, 6) is 3.54. The summed E-state index contributed by atoms with van der Waals surface area (Å²) in [7, 11) is 0. The maximum absolute atomic E-state index is 12.7. The van der Waals surface area contributed by atoms with Crippen molar-refractivity contribution in [3.63, 3.8) is 0 Å². The van der Waals surface area contributed by atoms with Crippen LogP contribution in [0.1, 0.15) is 31.3 Å². The predicted molar refractivity (Wildman–Crippen MR) is 115 cm³/mol. The van der Waals surface area contributed by atoms with E-state index in [0.29, 0.717) is 11.5 Å². The van der Waals surface area contributed by atoms with Gasteiger partial charge < -0.3 is 14.5 Å². The van der Waals surface area contributed by atoms with Crippen molar-refractivity contribution in [3.05, 3.63) is 72.4 Å². The Morgan fingerprint density at radius 1 is 1.10 bits per heavy atom. The number of anilines is 1. The lowest BCUT2D eigenvalue weighted by atomic mass is 9.95. The van der Waals surface area contributed by atoms with Crippen LogP contribution in [0.3, 0.4) is 0 Å². The highest BCUT2D eigenvalue weighted by Gasteiger charge is 2.25. The number of aromatic nitrogens is 1. The smallest absolute Gasteiger partial charge is 0.227 e. The van der Waals surface area contributed by atoms with Gasteiger partial charge in [-0.1, -0.05) is 6.92 Å². The van der Waals surface area contributed by atoms with Crippen LogP contribution in [0.25, 0.3) is 0 Å². The number of benzene rings is 1. The van der Waals surface area contributed by atoms with Gasteiger partial charge in [0.15, 0.2) is 0 Å². The fraction of sp³-hybridized carbons (Fsp3) is 0.333. The Bertz CT molecular complexity index is 945. The van der Waals surface area contributed by atoms with Crippen LogP contribution in [-0.4, -0.2) is 28.9 Å². The molecular weight excluding hydrogens is 378 g/mol. The van der Waals surface area contributed by atoms with Gasteiger partial charge in [-0.05, 0) is 74.5 Å². The van der Waals surface area contributed by atoms with Gasteiger partial charge in [0, 0.05) is 24.2 Å². The van der Waals surface area contributed by atoms with Crippen molar-refractivity contribution < 1.29 is 13.9 Å². The molecule has 1 aliphatic heterocycles. The molecule has 1 fully saturated rings. The van der Waals surface area contributed by atoms with E-state index in [-0.39, 0.29) is 11.8 Å². The zero-order valence-electron chi connectivity index (χ0n) is 17.2. The van der Waals surface area contributed by atoms with E-state index in [1.807, 2.05) is 42.5 Å². The van der Waals surface area contributed by atoms with Crippen molar-refractivity contribution in [1.82, 2.24) is 9.88 Å². The van der Waals surface area contributed by atoms with Gasteiger partial charge in [0.05, 0.1) is 12.7 Å². The third-order valence-electron chi connectivity index (χ3n) is 5.40. The minimum Gasteiger partial charge on any atom is -0.465 e. The van der Waals surface area contributed by atoms with Crippen molar-refractivity contribution >= 4 is 11.6 Å². The number of aryl methyl sites for hydroxylation is 1. The van der Waals surface area contributed by atoms with Gasteiger partial charge in [-0.15, -0.1) is 0 Å². The highest BCUT2D eigenvalue weighted by molar-refractivity contribution is 5.92. The molecule has 0 bridgehead atoms. The molecule has 1 N–H and O–H groups in total. The van der Waals surface area contributed by atoms with Gasteiger partial charge in [0.2, 0.25) is 5.91 Å². The van der Waals surface area contributed by atoms with Crippen LogP contribution < -0.4 is 10.1 Å². The Hall–Kier alpha value is -3.12. The van der Waals surface area contributed by atoms with Crippen molar-refractivity contribution in [2.75, 3.05) is 18.4 Å². The van der Waals surface area contributed by atoms with E-state index in [1.54, 1.807) is 12.4 Å². The van der Waals surface area contributed by atoms with Crippen molar-refractivity contribution in [3.8, 4) is 11.5 Å². The normalized spacial score (nSPS) is 15.1. The van der Waals surface area contributed by atoms with Gasteiger partial charge in [0.25, 0.3) is 0 Å². The Balaban J connectivity index is 1.24. The molecule has 0 spiro atoms. The van der Waals surface area contributed by atoms with Gasteiger partial charge in [0.1, 0.15) is 23.0 Å². The molecule has 0 aliphatic carbocycles. The molecule has 6 heteroatoms. The van der Waals surface area contributed by atoms with E-state index in [0.717, 1.165) is 56.1 Å². The molecular formula is C24H27N3O3. The molecule has 0 saturated carbocycles. The molecule has 1 amide bonds. The summed E-state index contributed by atoms with van der Waals surface area (Å²) >= 11 is 0. The fourth-order valence-electron chi connectivity index (χ4n) is 3.67. The first-order chi connectivity index (χ1) is 14.7. The van der Waals surface area contributed by atoms with Crippen LogP contribution in [0.5, 0.6) is 11.5 Å². The molecule has 3 heterocycles. The average Bonchev–Trinajstić information content (AvgIpc) is 3.24. The van der Waals surface area contributed by atoms with Crippen molar-refractivity contribution in [2.45, 2.75) is 32.7 Å². The number of furan rings is 1. The monoisotopic (exact) mass is 405 g/mol. The van der Waals surface area contributed by atoms with Gasteiger partial charge in [-0.3, -0.25) is 14.7 Å². The number of nitrogens with one attached hydrogen (secondary N) is 1. The number of hydrogen-bond acceptors (Lipinski definition) is 5. The first-order valence-electron chi connectivity index (χ1n) is 10.5. The summed E-state index contributed by atoms with van der Waals surface area (Å²) in [4.78, 5) is 19.0. The maximum atomic E-state index is 12.7. The third kappa shape index (κ3) is 5.27. The second-order valence-electron chi connectivity index (χ2n) is 7.58. The van der Waals surface area contributed by atoms with Crippen LogP contribution in [-0.2, 0) is 17.8 Å². The van der Waals surface area contributed by atoms with Crippen molar-refractivity contribution in [1.29, 1.82) is 0 Å². The zero-order valence-corrected chi connectivity index (χ0v) is 17.2.